The van der Waals surface area contributed by atoms with Crippen LogP contribution in [0.3, 0.4) is 0 Å². The second kappa shape index (κ2) is 8.55. The third-order valence-corrected chi connectivity index (χ3v) is 8.36. The van der Waals surface area contributed by atoms with Gasteiger partial charge in [0.15, 0.2) is 0 Å². The number of nitrogen functional groups attached to an aromatic ring is 1. The predicted octanol–water partition coefficient (Wildman–Crippen LogP) is 2.55. The SMILES string of the molecule is CCCC[N+]1(S(=O)(=O)c2ccccc2Sc2cnnc(N)c2)CCOCC1. The van der Waals surface area contributed by atoms with Crippen molar-refractivity contribution in [1.82, 2.24) is 10.2 Å². The van der Waals surface area contributed by atoms with Crippen LogP contribution in [0.2, 0.25) is 0 Å². The molecule has 2 heterocycles. The molecule has 0 spiro atoms. The first-order chi connectivity index (χ1) is 13.0. The Morgan fingerprint density at radius 1 is 1.26 bits per heavy atom. The zero-order chi connectivity index (χ0) is 19.3. The van der Waals surface area contributed by atoms with Crippen LogP contribution >= 0.6 is 11.8 Å². The summed E-state index contributed by atoms with van der Waals surface area (Å²) >= 11 is 1.34. The zero-order valence-corrected chi connectivity index (χ0v) is 17.0. The molecule has 2 aromatic rings. The fourth-order valence-corrected chi connectivity index (χ4v) is 6.49. The summed E-state index contributed by atoms with van der Waals surface area (Å²) in [6.07, 6.45) is 3.40. The van der Waals surface area contributed by atoms with E-state index >= 15 is 0 Å². The maximum absolute atomic E-state index is 13.7. The second-order valence-electron chi connectivity index (χ2n) is 6.53. The number of aromatic nitrogens is 2. The summed E-state index contributed by atoms with van der Waals surface area (Å²) in [6, 6.07) is 8.82. The minimum atomic E-state index is -3.59. The van der Waals surface area contributed by atoms with E-state index in [1.807, 2.05) is 12.1 Å². The summed E-state index contributed by atoms with van der Waals surface area (Å²) in [5.74, 6) is 0.306. The number of hydrogen-bond donors (Lipinski definition) is 1. The Balaban J connectivity index is 2.00. The van der Waals surface area contributed by atoms with Crippen LogP contribution in [-0.2, 0) is 14.8 Å². The van der Waals surface area contributed by atoms with Crippen molar-refractivity contribution in [3.05, 3.63) is 36.5 Å². The lowest BCUT2D eigenvalue weighted by Gasteiger charge is -2.39. The molecule has 9 heteroatoms. The molecule has 0 unspecified atom stereocenters. The van der Waals surface area contributed by atoms with Gasteiger partial charge in [-0.15, -0.1) is 5.10 Å². The maximum Gasteiger partial charge on any atom is 0.328 e. The highest BCUT2D eigenvalue weighted by Gasteiger charge is 2.45. The molecule has 0 amide bonds. The molecule has 1 aromatic carbocycles. The van der Waals surface area contributed by atoms with Crippen molar-refractivity contribution in [2.24, 2.45) is 0 Å². The molecule has 3 rings (SSSR count). The first kappa shape index (κ1) is 20.1. The van der Waals surface area contributed by atoms with Crippen LogP contribution in [-0.4, -0.2) is 55.4 Å². The molecule has 0 bridgehead atoms. The quantitative estimate of drug-likeness (QED) is 0.702. The van der Waals surface area contributed by atoms with E-state index in [2.05, 4.69) is 17.1 Å². The lowest BCUT2D eigenvalue weighted by molar-refractivity contribution is -0.816. The van der Waals surface area contributed by atoms with E-state index < -0.39 is 10.0 Å². The number of rotatable bonds is 7. The van der Waals surface area contributed by atoms with Gasteiger partial charge in [-0.3, -0.25) is 0 Å². The van der Waals surface area contributed by atoms with Gasteiger partial charge in [0.05, 0.1) is 26.0 Å². The average molecular weight is 410 g/mol. The summed E-state index contributed by atoms with van der Waals surface area (Å²) in [6.45, 7) is 4.56. The molecule has 0 atom stereocenters. The van der Waals surface area contributed by atoms with Crippen molar-refractivity contribution in [2.45, 2.75) is 34.5 Å². The van der Waals surface area contributed by atoms with Gasteiger partial charge in [0.1, 0.15) is 23.8 Å². The lowest BCUT2D eigenvalue weighted by Crippen LogP contribution is -2.59. The zero-order valence-electron chi connectivity index (χ0n) is 15.4. The summed E-state index contributed by atoms with van der Waals surface area (Å²) in [4.78, 5) is 1.78. The second-order valence-corrected chi connectivity index (χ2v) is 9.81. The van der Waals surface area contributed by atoms with Gasteiger partial charge >= 0.3 is 10.0 Å². The van der Waals surface area contributed by atoms with Gasteiger partial charge in [-0.1, -0.05) is 37.2 Å². The number of anilines is 1. The molecule has 1 fully saturated rings. The number of benzene rings is 1. The van der Waals surface area contributed by atoms with E-state index in [0.29, 0.717) is 48.5 Å². The Kier molecular flexibility index (Phi) is 6.36. The number of morpholine rings is 1. The van der Waals surface area contributed by atoms with Crippen LogP contribution in [0, 0.1) is 0 Å². The Morgan fingerprint density at radius 2 is 2.00 bits per heavy atom. The molecule has 0 aliphatic carbocycles. The van der Waals surface area contributed by atoms with Crippen LogP contribution in [0.15, 0.2) is 51.2 Å². The molecule has 2 N–H and O–H groups in total. The molecule has 0 saturated carbocycles. The van der Waals surface area contributed by atoms with Crippen LogP contribution in [0.25, 0.3) is 0 Å². The van der Waals surface area contributed by atoms with Crippen molar-refractivity contribution in [2.75, 3.05) is 38.6 Å². The van der Waals surface area contributed by atoms with E-state index in [9.17, 15) is 8.42 Å². The Labute approximate surface area is 164 Å². The highest BCUT2D eigenvalue weighted by atomic mass is 32.2. The molecular formula is C18H25N4O3S2+. The third kappa shape index (κ3) is 4.26. The lowest BCUT2D eigenvalue weighted by atomic mass is 10.3. The van der Waals surface area contributed by atoms with Gasteiger partial charge in [0.2, 0.25) is 0 Å². The van der Waals surface area contributed by atoms with Crippen LogP contribution < -0.4 is 5.73 Å². The molecule has 146 valence electrons. The first-order valence-electron chi connectivity index (χ1n) is 9.03. The number of ether oxygens (including phenoxy) is 1. The van der Waals surface area contributed by atoms with E-state index in [1.54, 1.807) is 24.4 Å². The highest BCUT2D eigenvalue weighted by molar-refractivity contribution is 8.00. The molecule has 1 aromatic heterocycles. The number of quaternary nitrogens is 1. The number of nitrogens with zero attached hydrogens (tertiary/aromatic N) is 3. The van der Waals surface area contributed by atoms with Crippen molar-refractivity contribution in [1.29, 1.82) is 0 Å². The van der Waals surface area contributed by atoms with Gasteiger partial charge in [-0.2, -0.15) is 13.5 Å². The maximum atomic E-state index is 13.7. The monoisotopic (exact) mass is 409 g/mol. The van der Waals surface area contributed by atoms with E-state index in [-0.39, 0.29) is 3.89 Å². The average Bonchev–Trinajstić information content (AvgIpc) is 2.67. The molecule has 1 aliphatic rings. The van der Waals surface area contributed by atoms with Crippen molar-refractivity contribution in [3.8, 4) is 0 Å². The van der Waals surface area contributed by atoms with Crippen molar-refractivity contribution < 1.29 is 17.0 Å². The smallest absolute Gasteiger partial charge is 0.328 e. The van der Waals surface area contributed by atoms with Crippen molar-refractivity contribution >= 4 is 27.6 Å². The predicted molar refractivity (Wildman–Crippen MR) is 105 cm³/mol. The highest BCUT2D eigenvalue weighted by Crippen LogP contribution is 2.37. The Hall–Kier alpha value is -1.68. The molecule has 27 heavy (non-hydrogen) atoms. The molecular weight excluding hydrogens is 384 g/mol. The fraction of sp³-hybridized carbons (Fsp3) is 0.444. The number of hydrogen-bond acceptors (Lipinski definition) is 7. The number of nitrogens with two attached hydrogens (primary N) is 1. The summed E-state index contributed by atoms with van der Waals surface area (Å²) < 4.78 is 33.0. The van der Waals surface area contributed by atoms with Gasteiger partial charge in [-0.05, 0) is 24.6 Å². The summed E-state index contributed by atoms with van der Waals surface area (Å²) in [7, 11) is -3.59. The molecule has 1 saturated heterocycles. The van der Waals surface area contributed by atoms with Gasteiger partial charge in [-0.25, -0.2) is 3.89 Å². The third-order valence-electron chi connectivity index (χ3n) is 4.72. The van der Waals surface area contributed by atoms with E-state index in [4.69, 9.17) is 10.5 Å². The number of sulfonamides is 1. The van der Waals surface area contributed by atoms with E-state index in [1.165, 1.54) is 11.8 Å². The summed E-state index contributed by atoms with van der Waals surface area (Å²) in [5.41, 5.74) is 5.71. The minimum absolute atomic E-state index is 0.0507. The molecule has 7 nitrogen and oxygen atoms in total. The molecule has 1 aliphatic heterocycles. The van der Waals surface area contributed by atoms with Gasteiger partial charge in [0.25, 0.3) is 0 Å². The number of unbranched alkanes of at least 4 members (excludes halogenated alkanes) is 1. The van der Waals surface area contributed by atoms with Gasteiger partial charge in [0, 0.05) is 9.79 Å². The Bertz CT molecular complexity index is 884. The van der Waals surface area contributed by atoms with E-state index in [0.717, 1.165) is 17.7 Å². The topological polar surface area (TPSA) is 95.2 Å². The molecule has 0 radical (unpaired) electrons. The van der Waals surface area contributed by atoms with Gasteiger partial charge < -0.3 is 10.5 Å². The van der Waals surface area contributed by atoms with Crippen LogP contribution in [0.1, 0.15) is 19.8 Å². The normalized spacial score (nSPS) is 16.9. The first-order valence-corrected chi connectivity index (χ1v) is 11.3. The van der Waals surface area contributed by atoms with Crippen LogP contribution in [0.5, 0.6) is 0 Å². The van der Waals surface area contributed by atoms with Crippen molar-refractivity contribution in [3.63, 3.8) is 0 Å². The largest absolute Gasteiger partial charge is 0.382 e. The summed E-state index contributed by atoms with van der Waals surface area (Å²) in [5, 5.41) is 7.60. The minimum Gasteiger partial charge on any atom is -0.382 e. The fourth-order valence-electron chi connectivity index (χ4n) is 3.21. The Morgan fingerprint density at radius 3 is 2.70 bits per heavy atom. The van der Waals surface area contributed by atoms with Crippen LogP contribution in [0.4, 0.5) is 5.82 Å². The standard InChI is InChI=1S/C18H25N4O3S2/c1-2-3-8-22(9-11-25-12-10-22)27(23,24)17-7-5-4-6-16(17)26-15-13-18(19)21-20-14-15/h4-7,13-14H,2-3,8-12H2,1H3,(H2,19,21)/q+1.